The van der Waals surface area contributed by atoms with E-state index < -0.39 is 6.10 Å². The number of aryl methyl sites for hydroxylation is 1. The van der Waals surface area contributed by atoms with Crippen LogP contribution in [0.3, 0.4) is 0 Å². The molecule has 1 aromatic carbocycles. The zero-order valence-electron chi connectivity index (χ0n) is 22.0. The summed E-state index contributed by atoms with van der Waals surface area (Å²) in [4.78, 5) is 12.5. The van der Waals surface area contributed by atoms with Crippen molar-refractivity contribution in [2.24, 2.45) is 5.92 Å². The van der Waals surface area contributed by atoms with Gasteiger partial charge in [-0.15, -0.1) is 0 Å². The Morgan fingerprint density at radius 3 is 1.88 bits per heavy atom. The first-order valence-electron chi connectivity index (χ1n) is 13.9. The molecular formula is C30H50O3. The zero-order chi connectivity index (χ0) is 24.1. The normalized spacial score (nSPS) is 17.7. The molecule has 0 heterocycles. The van der Waals surface area contributed by atoms with Gasteiger partial charge in [0.15, 0.2) is 5.78 Å². The van der Waals surface area contributed by atoms with Crippen LogP contribution >= 0.6 is 0 Å². The number of unbranched alkanes of at least 4 members (excludes halogenated alkanes) is 13. The Kier molecular flexibility index (Phi) is 13.3. The van der Waals surface area contributed by atoms with E-state index in [0.717, 1.165) is 41.7 Å². The molecule has 0 aliphatic heterocycles. The van der Waals surface area contributed by atoms with Gasteiger partial charge in [0.05, 0.1) is 12.7 Å². The Bertz CT molecular complexity index is 709. The maximum Gasteiger partial charge on any atom is 0.169 e. The van der Waals surface area contributed by atoms with Gasteiger partial charge in [0, 0.05) is 18.1 Å². The fraction of sp³-hybridized carbons (Fsp3) is 0.767. The molecule has 0 fully saturated rings. The van der Waals surface area contributed by atoms with Gasteiger partial charge < -0.3 is 9.84 Å². The lowest BCUT2D eigenvalue weighted by Gasteiger charge is -2.15. The molecular weight excluding hydrogens is 408 g/mol. The van der Waals surface area contributed by atoms with Gasteiger partial charge in [-0.1, -0.05) is 103 Å². The molecule has 0 saturated carbocycles. The maximum atomic E-state index is 12.5. The lowest BCUT2D eigenvalue weighted by atomic mass is 9.92. The predicted molar refractivity (Wildman–Crippen MR) is 139 cm³/mol. The van der Waals surface area contributed by atoms with Crippen molar-refractivity contribution in [2.45, 2.75) is 130 Å². The van der Waals surface area contributed by atoms with Crippen LogP contribution < -0.4 is 0 Å². The van der Waals surface area contributed by atoms with E-state index in [4.69, 9.17) is 4.74 Å². The molecule has 3 nitrogen and oxygen atoms in total. The maximum absolute atomic E-state index is 12.5. The molecule has 0 bridgehead atoms. The number of Topliss-reactive ketones (excluding diaryl/α,β-unsaturated/α-hetero) is 1. The first kappa shape index (κ1) is 28.1. The lowest BCUT2D eigenvalue weighted by molar-refractivity contribution is 0.0790. The van der Waals surface area contributed by atoms with Crippen LogP contribution in [0.25, 0.3) is 0 Å². The summed E-state index contributed by atoms with van der Waals surface area (Å²) in [6.45, 7) is 9.74. The van der Waals surface area contributed by atoms with Crippen molar-refractivity contribution in [2.75, 3.05) is 13.2 Å². The minimum absolute atomic E-state index is 0.0829. The molecule has 0 radical (unpaired) electrons. The number of rotatable bonds is 18. The van der Waals surface area contributed by atoms with Crippen molar-refractivity contribution in [1.82, 2.24) is 0 Å². The molecule has 1 aliphatic rings. The van der Waals surface area contributed by atoms with E-state index >= 15 is 0 Å². The topological polar surface area (TPSA) is 46.5 Å². The SMILES string of the molecule is CCCCCCCCCCCCCCCCOCCc1c(C)cc2c(c1C)C(=O)C(C)C2O. The second kappa shape index (κ2) is 15.7. The van der Waals surface area contributed by atoms with E-state index in [1.807, 2.05) is 19.9 Å². The number of carbonyl (C=O) groups is 1. The van der Waals surface area contributed by atoms with Crippen LogP contribution in [-0.2, 0) is 11.2 Å². The zero-order valence-corrected chi connectivity index (χ0v) is 22.0. The number of ether oxygens (including phenoxy) is 1. The fourth-order valence-electron chi connectivity index (χ4n) is 5.32. The average Bonchev–Trinajstić information content (AvgIpc) is 3.01. The van der Waals surface area contributed by atoms with Crippen molar-refractivity contribution in [3.8, 4) is 0 Å². The van der Waals surface area contributed by atoms with Crippen LogP contribution in [0.2, 0.25) is 0 Å². The summed E-state index contributed by atoms with van der Waals surface area (Å²) in [6.07, 6.45) is 19.4. The highest BCUT2D eigenvalue weighted by Crippen LogP contribution is 2.39. The Labute approximate surface area is 203 Å². The van der Waals surface area contributed by atoms with Crippen LogP contribution in [0, 0.1) is 19.8 Å². The Hall–Kier alpha value is -1.19. The third-order valence-corrected chi connectivity index (χ3v) is 7.56. The highest BCUT2D eigenvalue weighted by Gasteiger charge is 2.37. The monoisotopic (exact) mass is 458 g/mol. The van der Waals surface area contributed by atoms with E-state index in [9.17, 15) is 9.90 Å². The van der Waals surface area contributed by atoms with Crippen LogP contribution in [0.15, 0.2) is 6.07 Å². The third-order valence-electron chi connectivity index (χ3n) is 7.56. The Morgan fingerprint density at radius 1 is 0.818 bits per heavy atom. The largest absolute Gasteiger partial charge is 0.388 e. The molecule has 0 aromatic heterocycles. The molecule has 0 amide bonds. The quantitative estimate of drug-likeness (QED) is 0.225. The summed E-state index contributed by atoms with van der Waals surface area (Å²) in [7, 11) is 0. The Balaban J connectivity index is 1.48. The smallest absolute Gasteiger partial charge is 0.169 e. The van der Waals surface area contributed by atoms with Gasteiger partial charge in [0.1, 0.15) is 0 Å². The third kappa shape index (κ3) is 8.83. The second-order valence-electron chi connectivity index (χ2n) is 10.3. The minimum atomic E-state index is -0.657. The molecule has 1 N–H and O–H groups in total. The van der Waals surface area contributed by atoms with Crippen LogP contribution in [0.4, 0.5) is 0 Å². The molecule has 1 aromatic rings. The standard InChI is InChI=1S/C30H50O3/c1-5-6-7-8-9-10-11-12-13-14-15-16-17-18-20-33-21-19-26-23(2)22-27-28(24(26)3)30(32)25(4)29(27)31/h22,25,29,31H,5-21H2,1-4H3. The number of aliphatic hydroxyl groups is 1. The summed E-state index contributed by atoms with van der Waals surface area (Å²) in [5, 5.41) is 10.3. The molecule has 0 saturated heterocycles. The summed E-state index contributed by atoms with van der Waals surface area (Å²) in [5.41, 5.74) is 4.98. The molecule has 2 unspecified atom stereocenters. The van der Waals surface area contributed by atoms with Gasteiger partial charge >= 0.3 is 0 Å². The van der Waals surface area contributed by atoms with Gasteiger partial charge in [0.25, 0.3) is 0 Å². The highest BCUT2D eigenvalue weighted by molar-refractivity contribution is 6.04. The molecule has 33 heavy (non-hydrogen) atoms. The Morgan fingerprint density at radius 2 is 1.33 bits per heavy atom. The number of hydrogen-bond donors (Lipinski definition) is 1. The number of benzene rings is 1. The van der Waals surface area contributed by atoms with Gasteiger partial charge in [-0.2, -0.15) is 0 Å². The average molecular weight is 459 g/mol. The molecule has 0 spiro atoms. The molecule has 2 atom stereocenters. The number of ketones is 1. The van der Waals surface area contributed by atoms with Gasteiger partial charge in [0.2, 0.25) is 0 Å². The van der Waals surface area contributed by atoms with Gasteiger partial charge in [-0.25, -0.2) is 0 Å². The lowest BCUT2D eigenvalue weighted by Crippen LogP contribution is -2.09. The molecule has 3 heteroatoms. The molecule has 188 valence electrons. The number of carbonyl (C=O) groups excluding carboxylic acids is 1. The number of hydrogen-bond acceptors (Lipinski definition) is 3. The predicted octanol–water partition coefficient (Wildman–Crippen LogP) is 8.21. The van der Waals surface area contributed by atoms with Crippen molar-refractivity contribution in [3.05, 3.63) is 33.9 Å². The fourth-order valence-corrected chi connectivity index (χ4v) is 5.32. The number of aliphatic hydroxyl groups excluding tert-OH is 1. The number of fused-ring (bicyclic) bond motifs is 1. The van der Waals surface area contributed by atoms with Crippen molar-refractivity contribution in [1.29, 1.82) is 0 Å². The van der Waals surface area contributed by atoms with Gasteiger partial charge in [-0.05, 0) is 48.9 Å². The highest BCUT2D eigenvalue weighted by atomic mass is 16.5. The van der Waals surface area contributed by atoms with Crippen molar-refractivity contribution in [3.63, 3.8) is 0 Å². The second-order valence-corrected chi connectivity index (χ2v) is 10.3. The van der Waals surface area contributed by atoms with Crippen molar-refractivity contribution >= 4 is 5.78 Å². The van der Waals surface area contributed by atoms with Gasteiger partial charge in [-0.3, -0.25) is 4.79 Å². The van der Waals surface area contributed by atoms with E-state index in [1.54, 1.807) is 0 Å². The van der Waals surface area contributed by atoms with Crippen LogP contribution in [0.5, 0.6) is 0 Å². The molecule has 1 aliphatic carbocycles. The first-order valence-corrected chi connectivity index (χ1v) is 13.9. The van der Waals surface area contributed by atoms with E-state index in [1.165, 1.54) is 89.0 Å². The summed E-state index contributed by atoms with van der Waals surface area (Å²) in [5.74, 6) is -0.246. The first-order chi connectivity index (χ1) is 16.0. The summed E-state index contributed by atoms with van der Waals surface area (Å²) >= 11 is 0. The summed E-state index contributed by atoms with van der Waals surface area (Å²) in [6, 6.07) is 2.01. The molecule has 2 rings (SSSR count). The van der Waals surface area contributed by atoms with E-state index in [-0.39, 0.29) is 11.7 Å². The minimum Gasteiger partial charge on any atom is -0.388 e. The van der Waals surface area contributed by atoms with E-state index in [2.05, 4.69) is 13.8 Å². The van der Waals surface area contributed by atoms with Crippen LogP contribution in [0.1, 0.15) is 142 Å². The summed E-state index contributed by atoms with van der Waals surface area (Å²) < 4.78 is 5.91. The van der Waals surface area contributed by atoms with Crippen molar-refractivity contribution < 1.29 is 14.6 Å². The van der Waals surface area contributed by atoms with Crippen LogP contribution in [-0.4, -0.2) is 24.1 Å². The van der Waals surface area contributed by atoms with E-state index in [0.29, 0.717) is 6.61 Å².